The normalized spacial score (nSPS) is 17.1. The molecule has 0 radical (unpaired) electrons. The van der Waals surface area contributed by atoms with Crippen LogP contribution in [0.25, 0.3) is 0 Å². The summed E-state index contributed by atoms with van der Waals surface area (Å²) >= 11 is 0. The van der Waals surface area contributed by atoms with Gasteiger partial charge in [0.15, 0.2) is 0 Å². The van der Waals surface area contributed by atoms with Crippen LogP contribution in [-0.2, 0) is 28.4 Å². The van der Waals surface area contributed by atoms with Crippen LogP contribution in [0.15, 0.2) is 0 Å². The highest BCUT2D eigenvalue weighted by atomic mass is 16.7. The van der Waals surface area contributed by atoms with Gasteiger partial charge in [0.25, 0.3) is 0 Å². The highest BCUT2D eigenvalue weighted by Crippen LogP contribution is 2.26. The second-order valence-electron chi connectivity index (χ2n) is 5.83. The van der Waals surface area contributed by atoms with E-state index in [1.807, 2.05) is 0 Å². The van der Waals surface area contributed by atoms with E-state index in [0.717, 1.165) is 42.7 Å². The van der Waals surface area contributed by atoms with Crippen molar-refractivity contribution in [1.29, 1.82) is 0 Å². The van der Waals surface area contributed by atoms with E-state index in [0.29, 0.717) is 14.7 Å². The minimum absolute atomic E-state index is 0.591. The molecule has 6 atom stereocenters. The molecule has 1 aromatic heterocycles. The first-order valence-corrected chi connectivity index (χ1v) is 8.97. The third-order valence-electron chi connectivity index (χ3n) is 3.99. The van der Waals surface area contributed by atoms with Crippen molar-refractivity contribution in [3.8, 4) is 0 Å². The molecule has 33 heavy (non-hydrogen) atoms. The van der Waals surface area contributed by atoms with Gasteiger partial charge in [0.1, 0.15) is 0 Å². The van der Waals surface area contributed by atoms with Gasteiger partial charge in [0.05, 0.1) is 0 Å². The van der Waals surface area contributed by atoms with Gasteiger partial charge in [-0.1, -0.05) is 0 Å². The minimum Gasteiger partial charge on any atom is -0.351 e. The fourth-order valence-corrected chi connectivity index (χ4v) is 2.29. The van der Waals surface area contributed by atoms with Gasteiger partial charge in [-0.05, 0) is 0 Å². The fourth-order valence-electron chi connectivity index (χ4n) is 2.29. The summed E-state index contributed by atoms with van der Waals surface area (Å²) in [6.45, 7) is 0. The van der Waals surface area contributed by atoms with Gasteiger partial charge < -0.3 is 59.1 Å². The van der Waals surface area contributed by atoms with Crippen LogP contribution >= 0.6 is 0 Å². The average molecular weight is 486 g/mol. The van der Waals surface area contributed by atoms with Crippen LogP contribution < -0.4 is 14.7 Å². The Morgan fingerprint density at radius 2 is 0.576 bits per heavy atom. The van der Waals surface area contributed by atoms with Crippen LogP contribution in [0, 0.1) is 0 Å². The molecule has 6 unspecified atom stereocenters. The van der Waals surface area contributed by atoms with E-state index < -0.39 is 56.3 Å². The van der Waals surface area contributed by atoms with Gasteiger partial charge in [-0.2, -0.15) is 15.0 Å². The van der Waals surface area contributed by atoms with Crippen LogP contribution in [0.5, 0.6) is 0 Å². The number of methoxy groups -OCH3 is 6. The molecule has 1 heterocycles. The van der Waals surface area contributed by atoms with E-state index in [1.165, 1.54) is 0 Å². The maximum absolute atomic E-state index is 10.2. The number of anilines is 3. The highest BCUT2D eigenvalue weighted by molar-refractivity contribution is 5.47. The summed E-state index contributed by atoms with van der Waals surface area (Å²) in [6, 6.07) is 0. The van der Waals surface area contributed by atoms with E-state index in [4.69, 9.17) is 28.4 Å². The lowest BCUT2D eigenvalue weighted by Gasteiger charge is -2.35. The molecule has 1 aromatic rings. The number of hydrogen-bond acceptors (Lipinski definition) is 18. The van der Waals surface area contributed by atoms with E-state index in [2.05, 4.69) is 15.0 Å². The predicted octanol–water partition coefficient (Wildman–Crippen LogP) is -4.18. The lowest BCUT2D eigenvalue weighted by atomic mass is 10.6. The Labute approximate surface area is 188 Å². The van der Waals surface area contributed by atoms with E-state index in [-0.39, 0.29) is 0 Å². The summed E-state index contributed by atoms with van der Waals surface area (Å²) in [7, 11) is 6.55. The Bertz CT molecular complexity index is 575. The molecule has 6 N–H and O–H groups in total. The largest absolute Gasteiger partial charge is 0.351 e. The quantitative estimate of drug-likeness (QED) is 0.129. The van der Waals surface area contributed by atoms with Crippen LogP contribution in [0.4, 0.5) is 17.8 Å². The minimum atomic E-state index is -1.88. The van der Waals surface area contributed by atoms with E-state index in [9.17, 15) is 30.6 Å². The Morgan fingerprint density at radius 3 is 0.697 bits per heavy atom. The predicted molar refractivity (Wildman–Crippen MR) is 105 cm³/mol. The Balaban J connectivity index is 3.88. The van der Waals surface area contributed by atoms with Crippen LogP contribution in [-0.4, -0.2) is 127 Å². The Morgan fingerprint density at radius 1 is 0.424 bits per heavy atom. The lowest BCUT2D eigenvalue weighted by molar-refractivity contribution is -0.154. The molecule has 192 valence electrons. The number of aliphatic hydroxyl groups is 6. The molecule has 0 aliphatic carbocycles. The zero-order chi connectivity index (χ0) is 25.3. The standard InChI is InChI=1S/C15H30N6O12/c1-28-10(22)19(11(23)29-2)7-16-8(20(12(24)30-3)13(25)31-4)18-9(17-7)21(14(26)32-5)15(27)33-6/h10-15,22-27H,1-6H3. The second-order valence-corrected chi connectivity index (χ2v) is 5.83. The third kappa shape index (κ3) is 6.96. The van der Waals surface area contributed by atoms with Crippen molar-refractivity contribution in [3.05, 3.63) is 0 Å². The van der Waals surface area contributed by atoms with Gasteiger partial charge in [0, 0.05) is 42.7 Å². The first kappa shape index (κ1) is 29.0. The molecule has 0 aliphatic heterocycles. The van der Waals surface area contributed by atoms with Crippen molar-refractivity contribution >= 4 is 17.8 Å². The summed E-state index contributed by atoms with van der Waals surface area (Å²) in [4.78, 5) is 13.7. The Hall–Kier alpha value is -2.07. The zero-order valence-corrected chi connectivity index (χ0v) is 18.8. The van der Waals surface area contributed by atoms with Gasteiger partial charge in [-0.15, -0.1) is 0 Å². The van der Waals surface area contributed by atoms with E-state index >= 15 is 0 Å². The summed E-state index contributed by atoms with van der Waals surface area (Å²) in [6.07, 6.45) is -11.3. The maximum Gasteiger partial charge on any atom is 0.243 e. The molecule has 0 saturated heterocycles. The highest BCUT2D eigenvalue weighted by Gasteiger charge is 2.35. The van der Waals surface area contributed by atoms with Gasteiger partial charge in [-0.3, -0.25) is 0 Å². The van der Waals surface area contributed by atoms with Crippen LogP contribution in [0.3, 0.4) is 0 Å². The van der Waals surface area contributed by atoms with Crippen molar-refractivity contribution in [2.75, 3.05) is 57.4 Å². The van der Waals surface area contributed by atoms with Crippen molar-refractivity contribution < 1.29 is 59.1 Å². The molecule has 0 spiro atoms. The van der Waals surface area contributed by atoms with E-state index in [1.54, 1.807) is 0 Å². The maximum atomic E-state index is 10.2. The number of aliphatic hydroxyl groups excluding tert-OH is 6. The van der Waals surface area contributed by atoms with Crippen molar-refractivity contribution in [2.45, 2.75) is 38.5 Å². The lowest BCUT2D eigenvalue weighted by Crippen LogP contribution is -2.50. The molecule has 0 aromatic carbocycles. The Kier molecular flexibility index (Phi) is 11.9. The topological polar surface area (TPSA) is 225 Å². The smallest absolute Gasteiger partial charge is 0.243 e. The van der Waals surface area contributed by atoms with Gasteiger partial charge in [-0.25, -0.2) is 14.7 Å². The molecular weight excluding hydrogens is 456 g/mol. The molecule has 0 bridgehead atoms. The monoisotopic (exact) mass is 486 g/mol. The SMILES string of the molecule is COC(O)N(c1nc(N(C(O)OC)C(O)OC)nc(N(C(O)OC)C(O)OC)n1)C(O)OC. The molecule has 18 nitrogen and oxygen atoms in total. The first-order chi connectivity index (χ1) is 15.6. The number of ether oxygens (including phenoxy) is 6. The summed E-state index contributed by atoms with van der Waals surface area (Å²) in [5, 5.41) is 61.2. The molecule has 0 aliphatic rings. The van der Waals surface area contributed by atoms with Gasteiger partial charge in [0.2, 0.25) is 56.3 Å². The molecule has 1 rings (SSSR count). The number of hydrogen-bond donors (Lipinski definition) is 6. The van der Waals surface area contributed by atoms with Crippen molar-refractivity contribution in [3.63, 3.8) is 0 Å². The molecular formula is C15H30N6O12. The summed E-state index contributed by atoms with van der Waals surface area (Å²) in [5.74, 6) is -1.77. The fraction of sp³-hybridized carbons (Fsp3) is 0.800. The first-order valence-electron chi connectivity index (χ1n) is 8.97. The molecule has 0 saturated carbocycles. The molecule has 0 amide bonds. The number of nitrogens with zero attached hydrogens (tertiary/aromatic N) is 6. The summed E-state index contributed by atoms with van der Waals surface area (Å²) in [5.41, 5.74) is 0. The summed E-state index contributed by atoms with van der Waals surface area (Å²) < 4.78 is 28.7. The third-order valence-corrected chi connectivity index (χ3v) is 3.99. The zero-order valence-electron chi connectivity index (χ0n) is 18.8. The average Bonchev–Trinajstić information content (AvgIpc) is 2.83. The number of rotatable bonds is 15. The van der Waals surface area contributed by atoms with Crippen LogP contribution in [0.2, 0.25) is 0 Å². The molecule has 0 fully saturated rings. The number of aromatic nitrogens is 3. The van der Waals surface area contributed by atoms with Crippen LogP contribution in [0.1, 0.15) is 0 Å². The molecule has 18 heteroatoms. The van der Waals surface area contributed by atoms with Crippen molar-refractivity contribution in [1.82, 2.24) is 15.0 Å². The second kappa shape index (κ2) is 13.6. The van der Waals surface area contributed by atoms with Crippen molar-refractivity contribution in [2.24, 2.45) is 0 Å². The van der Waals surface area contributed by atoms with Gasteiger partial charge >= 0.3 is 0 Å².